The summed E-state index contributed by atoms with van der Waals surface area (Å²) in [7, 11) is 0. The van der Waals surface area contributed by atoms with Crippen LogP contribution in [0.15, 0.2) is 47.3 Å². The van der Waals surface area contributed by atoms with Crippen LogP contribution in [0.4, 0.5) is 4.39 Å². The van der Waals surface area contributed by atoms with E-state index in [4.69, 9.17) is 16.2 Å². The first-order chi connectivity index (χ1) is 13.8. The fourth-order valence-corrected chi connectivity index (χ4v) is 3.43. The lowest BCUT2D eigenvalue weighted by Gasteiger charge is -2.21. The predicted molar refractivity (Wildman–Crippen MR) is 118 cm³/mol. The molecule has 1 aromatic heterocycles. The van der Waals surface area contributed by atoms with Crippen LogP contribution in [-0.2, 0) is 17.9 Å². The molecule has 2 aromatic carbocycles. The number of fused-ring (bicyclic) bond motifs is 1. The lowest BCUT2D eigenvalue weighted by molar-refractivity contribution is -0.119. The van der Waals surface area contributed by atoms with Crippen molar-refractivity contribution in [1.82, 2.24) is 4.57 Å². The molecule has 4 N–H and O–H groups in total. The molecule has 3 rings (SSSR count). The van der Waals surface area contributed by atoms with Crippen molar-refractivity contribution in [3.63, 3.8) is 0 Å². The van der Waals surface area contributed by atoms with E-state index < -0.39 is 5.91 Å². The van der Waals surface area contributed by atoms with Crippen molar-refractivity contribution in [2.24, 2.45) is 17.4 Å². The molecule has 0 saturated carbocycles. The standard InChI is InChI=1S/C22H24FN3O3.ClH/c1-13(2)11-26-19(10-24)21(14-3-5-15(23)6-4-14)18-9-16(29-12-20(25)27)7-8-17(18)22(26)28;/h3-9,13H,10-12,24H2,1-2H3,(H2,25,27);1H. The summed E-state index contributed by atoms with van der Waals surface area (Å²) in [6.07, 6.45) is 0. The third kappa shape index (κ3) is 4.80. The molecule has 0 atom stereocenters. The van der Waals surface area contributed by atoms with E-state index in [0.29, 0.717) is 28.8 Å². The van der Waals surface area contributed by atoms with Crippen molar-refractivity contribution in [2.45, 2.75) is 26.9 Å². The average Bonchev–Trinajstić information content (AvgIpc) is 2.68. The fraction of sp³-hybridized carbons (Fsp3) is 0.273. The van der Waals surface area contributed by atoms with Crippen molar-refractivity contribution >= 4 is 29.1 Å². The van der Waals surface area contributed by atoms with Crippen molar-refractivity contribution in [1.29, 1.82) is 0 Å². The Kier molecular flexibility index (Phi) is 7.59. The van der Waals surface area contributed by atoms with Gasteiger partial charge < -0.3 is 20.8 Å². The van der Waals surface area contributed by atoms with Crippen LogP contribution in [0.2, 0.25) is 0 Å². The first-order valence-corrected chi connectivity index (χ1v) is 9.38. The number of carbonyl (C=O) groups is 1. The normalized spacial score (nSPS) is 10.8. The Balaban J connectivity index is 0.00000320. The number of primary amides is 1. The summed E-state index contributed by atoms with van der Waals surface area (Å²) >= 11 is 0. The number of nitrogens with two attached hydrogens (primary N) is 2. The number of rotatable bonds is 7. The zero-order valence-corrected chi connectivity index (χ0v) is 17.7. The maximum Gasteiger partial charge on any atom is 0.258 e. The van der Waals surface area contributed by atoms with Crippen LogP contribution in [0.3, 0.4) is 0 Å². The number of halogens is 2. The molecule has 8 heteroatoms. The molecule has 0 saturated heterocycles. The highest BCUT2D eigenvalue weighted by molar-refractivity contribution is 5.98. The second kappa shape index (κ2) is 9.73. The quantitative estimate of drug-likeness (QED) is 0.597. The first-order valence-electron chi connectivity index (χ1n) is 9.38. The SMILES string of the molecule is CC(C)Cn1c(CN)c(-c2ccc(F)cc2)c2cc(OCC(N)=O)ccc2c1=O.Cl. The summed E-state index contributed by atoms with van der Waals surface area (Å²) in [6, 6.07) is 11.0. The molecule has 0 aliphatic carbocycles. The lowest BCUT2D eigenvalue weighted by Crippen LogP contribution is -2.28. The maximum absolute atomic E-state index is 13.5. The third-order valence-corrected chi connectivity index (χ3v) is 4.61. The number of carbonyl (C=O) groups excluding carboxylic acids is 1. The Labute approximate surface area is 180 Å². The second-order valence-electron chi connectivity index (χ2n) is 7.30. The second-order valence-corrected chi connectivity index (χ2v) is 7.30. The van der Waals surface area contributed by atoms with Gasteiger partial charge in [0.15, 0.2) is 6.61 Å². The number of hydrogen-bond donors (Lipinski definition) is 2. The van der Waals surface area contributed by atoms with Crippen LogP contribution in [0.5, 0.6) is 5.75 Å². The minimum Gasteiger partial charge on any atom is -0.484 e. The monoisotopic (exact) mass is 433 g/mol. The van der Waals surface area contributed by atoms with E-state index in [9.17, 15) is 14.0 Å². The van der Waals surface area contributed by atoms with Gasteiger partial charge in [0.2, 0.25) is 0 Å². The maximum atomic E-state index is 13.5. The number of ether oxygens (including phenoxy) is 1. The van der Waals surface area contributed by atoms with Crippen molar-refractivity contribution in [3.8, 4) is 16.9 Å². The highest BCUT2D eigenvalue weighted by atomic mass is 35.5. The predicted octanol–water partition coefficient (Wildman–Crippen LogP) is 3.21. The van der Waals surface area contributed by atoms with E-state index in [1.165, 1.54) is 12.1 Å². The van der Waals surface area contributed by atoms with Gasteiger partial charge in [-0.05, 0) is 41.8 Å². The minimum absolute atomic E-state index is 0. The van der Waals surface area contributed by atoms with Crippen LogP contribution in [0, 0.1) is 11.7 Å². The molecule has 0 bridgehead atoms. The fourth-order valence-electron chi connectivity index (χ4n) is 3.43. The van der Waals surface area contributed by atoms with E-state index in [-0.39, 0.29) is 42.9 Å². The molecule has 1 heterocycles. The van der Waals surface area contributed by atoms with Gasteiger partial charge in [-0.3, -0.25) is 9.59 Å². The lowest BCUT2D eigenvalue weighted by atomic mass is 9.96. The number of aromatic nitrogens is 1. The summed E-state index contributed by atoms with van der Waals surface area (Å²) in [4.78, 5) is 24.2. The summed E-state index contributed by atoms with van der Waals surface area (Å²) in [5, 5.41) is 1.12. The largest absolute Gasteiger partial charge is 0.484 e. The van der Waals surface area contributed by atoms with Gasteiger partial charge in [0, 0.05) is 35.1 Å². The molecule has 0 aliphatic heterocycles. The third-order valence-electron chi connectivity index (χ3n) is 4.61. The molecule has 30 heavy (non-hydrogen) atoms. The summed E-state index contributed by atoms with van der Waals surface area (Å²) in [6.45, 7) is 4.42. The molecular formula is C22H25ClFN3O3. The topological polar surface area (TPSA) is 100 Å². The van der Waals surface area contributed by atoms with Crippen LogP contribution in [0.1, 0.15) is 19.5 Å². The van der Waals surface area contributed by atoms with E-state index in [2.05, 4.69) is 0 Å². The molecule has 0 aliphatic rings. The van der Waals surface area contributed by atoms with Gasteiger partial charge in [-0.1, -0.05) is 26.0 Å². The molecular weight excluding hydrogens is 409 g/mol. The zero-order valence-electron chi connectivity index (χ0n) is 16.9. The summed E-state index contributed by atoms with van der Waals surface area (Å²) in [5.41, 5.74) is 13.2. The Hall–Kier alpha value is -2.90. The number of nitrogens with zero attached hydrogens (tertiary/aromatic N) is 1. The van der Waals surface area contributed by atoms with E-state index in [1.54, 1.807) is 34.9 Å². The summed E-state index contributed by atoms with van der Waals surface area (Å²) in [5.74, 6) is -0.314. The molecule has 0 fully saturated rings. The minimum atomic E-state index is -0.598. The molecule has 0 spiro atoms. The average molecular weight is 434 g/mol. The van der Waals surface area contributed by atoms with Gasteiger partial charge >= 0.3 is 0 Å². The van der Waals surface area contributed by atoms with Crippen molar-refractivity contribution in [3.05, 3.63) is 64.3 Å². The van der Waals surface area contributed by atoms with E-state index in [1.807, 2.05) is 13.8 Å². The Morgan fingerprint density at radius 3 is 2.37 bits per heavy atom. The van der Waals surface area contributed by atoms with Gasteiger partial charge in [-0.2, -0.15) is 0 Å². The van der Waals surface area contributed by atoms with Crippen LogP contribution < -0.4 is 21.8 Å². The van der Waals surface area contributed by atoms with Crippen molar-refractivity contribution < 1.29 is 13.9 Å². The number of amides is 1. The number of hydrogen-bond acceptors (Lipinski definition) is 4. The smallest absolute Gasteiger partial charge is 0.258 e. The van der Waals surface area contributed by atoms with Gasteiger partial charge in [-0.15, -0.1) is 12.4 Å². The molecule has 160 valence electrons. The van der Waals surface area contributed by atoms with Gasteiger partial charge in [0.05, 0.1) is 0 Å². The molecule has 6 nitrogen and oxygen atoms in total. The zero-order chi connectivity index (χ0) is 21.1. The Morgan fingerprint density at radius 2 is 1.80 bits per heavy atom. The first kappa shape index (κ1) is 23.4. The van der Waals surface area contributed by atoms with Crippen LogP contribution in [0.25, 0.3) is 21.9 Å². The van der Waals surface area contributed by atoms with Crippen molar-refractivity contribution in [2.75, 3.05) is 6.61 Å². The highest BCUT2D eigenvalue weighted by Gasteiger charge is 2.19. The Bertz CT molecular complexity index is 1110. The molecule has 0 unspecified atom stereocenters. The van der Waals surface area contributed by atoms with E-state index >= 15 is 0 Å². The van der Waals surface area contributed by atoms with Gasteiger partial charge in [0.25, 0.3) is 11.5 Å². The van der Waals surface area contributed by atoms with Crippen LogP contribution >= 0.6 is 12.4 Å². The highest BCUT2D eigenvalue weighted by Crippen LogP contribution is 2.33. The van der Waals surface area contributed by atoms with E-state index in [0.717, 1.165) is 11.1 Å². The summed E-state index contributed by atoms with van der Waals surface area (Å²) < 4.78 is 20.6. The number of benzene rings is 2. The molecule has 0 radical (unpaired) electrons. The molecule has 3 aromatic rings. The van der Waals surface area contributed by atoms with Gasteiger partial charge in [0.1, 0.15) is 11.6 Å². The molecule has 1 amide bonds. The Morgan fingerprint density at radius 1 is 1.13 bits per heavy atom. The van der Waals surface area contributed by atoms with Gasteiger partial charge in [-0.25, -0.2) is 4.39 Å². The number of pyridine rings is 1. The van der Waals surface area contributed by atoms with Crippen LogP contribution in [-0.4, -0.2) is 17.1 Å².